The van der Waals surface area contributed by atoms with Crippen LogP contribution in [0.2, 0.25) is 0 Å². The van der Waals surface area contributed by atoms with Crippen molar-refractivity contribution in [1.82, 2.24) is 0 Å². The highest BCUT2D eigenvalue weighted by Crippen LogP contribution is 2.17. The van der Waals surface area contributed by atoms with Crippen molar-refractivity contribution in [2.24, 2.45) is 0 Å². The van der Waals surface area contributed by atoms with Gasteiger partial charge < -0.3 is 14.9 Å². The Morgan fingerprint density at radius 2 is 1.90 bits per heavy atom. The molecule has 0 heterocycles. The van der Waals surface area contributed by atoms with Gasteiger partial charge in [0.25, 0.3) is 0 Å². The van der Waals surface area contributed by atoms with Gasteiger partial charge in [-0.05, 0) is 44.2 Å². The van der Waals surface area contributed by atoms with E-state index in [0.29, 0.717) is 11.3 Å². The standard InChI is InChI=1S/C15H18O5/c1-4-12(16)13(17)9-20-11-7-5-10(6-8-11)14(18)15(2,3)19/h4-8,13,17,19H,1,9H2,2-3H3. The third-order valence-electron chi connectivity index (χ3n) is 2.61. The van der Waals surface area contributed by atoms with Crippen molar-refractivity contribution in [3.8, 4) is 5.75 Å². The Hall–Kier alpha value is -1.98. The SMILES string of the molecule is C=CC(=O)C(O)COc1ccc(C(=O)C(C)(C)O)cc1. The van der Waals surface area contributed by atoms with E-state index in [4.69, 9.17) is 4.74 Å². The zero-order chi connectivity index (χ0) is 15.3. The van der Waals surface area contributed by atoms with Crippen LogP contribution in [0.15, 0.2) is 36.9 Å². The lowest BCUT2D eigenvalue weighted by molar-refractivity contribution is -0.123. The van der Waals surface area contributed by atoms with E-state index < -0.39 is 23.3 Å². The molecule has 108 valence electrons. The fraction of sp³-hybridized carbons (Fsp3) is 0.333. The molecule has 0 saturated carbocycles. The highest BCUT2D eigenvalue weighted by atomic mass is 16.5. The number of hydrogen-bond acceptors (Lipinski definition) is 5. The van der Waals surface area contributed by atoms with Crippen molar-refractivity contribution in [3.05, 3.63) is 42.5 Å². The number of rotatable bonds is 7. The molecule has 0 aliphatic heterocycles. The number of carbonyl (C=O) groups excluding carboxylic acids is 2. The van der Waals surface area contributed by atoms with Crippen molar-refractivity contribution in [1.29, 1.82) is 0 Å². The first-order valence-corrected chi connectivity index (χ1v) is 6.10. The summed E-state index contributed by atoms with van der Waals surface area (Å²) in [6, 6.07) is 6.09. The third kappa shape index (κ3) is 4.29. The van der Waals surface area contributed by atoms with Gasteiger partial charge in [-0.25, -0.2) is 0 Å². The van der Waals surface area contributed by atoms with Crippen molar-refractivity contribution in [2.75, 3.05) is 6.61 Å². The second-order valence-electron chi connectivity index (χ2n) is 4.85. The summed E-state index contributed by atoms with van der Waals surface area (Å²) in [5, 5.41) is 19.0. The van der Waals surface area contributed by atoms with Crippen LogP contribution >= 0.6 is 0 Å². The monoisotopic (exact) mass is 278 g/mol. The Kier molecular flexibility index (Phi) is 5.19. The Morgan fingerprint density at radius 3 is 2.35 bits per heavy atom. The van der Waals surface area contributed by atoms with Crippen LogP contribution in [-0.4, -0.2) is 40.1 Å². The smallest absolute Gasteiger partial charge is 0.193 e. The average Bonchev–Trinajstić information content (AvgIpc) is 2.42. The van der Waals surface area contributed by atoms with Crippen LogP contribution in [0.1, 0.15) is 24.2 Å². The second-order valence-corrected chi connectivity index (χ2v) is 4.85. The van der Waals surface area contributed by atoms with E-state index >= 15 is 0 Å². The van der Waals surface area contributed by atoms with Crippen LogP contribution in [-0.2, 0) is 4.79 Å². The first kappa shape index (κ1) is 16.1. The van der Waals surface area contributed by atoms with Crippen LogP contribution in [0.5, 0.6) is 5.75 Å². The maximum absolute atomic E-state index is 11.8. The van der Waals surface area contributed by atoms with E-state index in [1.54, 1.807) is 0 Å². The zero-order valence-electron chi connectivity index (χ0n) is 11.5. The molecular weight excluding hydrogens is 260 g/mol. The minimum Gasteiger partial charge on any atom is -0.490 e. The molecule has 0 radical (unpaired) electrons. The topological polar surface area (TPSA) is 83.8 Å². The molecule has 2 N–H and O–H groups in total. The van der Waals surface area contributed by atoms with Gasteiger partial charge in [0.2, 0.25) is 0 Å². The molecule has 0 fully saturated rings. The molecule has 5 heteroatoms. The molecule has 1 rings (SSSR count). The molecule has 0 aromatic heterocycles. The summed E-state index contributed by atoms with van der Waals surface area (Å²) in [5.41, 5.74) is -1.08. The number of ether oxygens (including phenoxy) is 1. The average molecular weight is 278 g/mol. The summed E-state index contributed by atoms with van der Waals surface area (Å²) in [4.78, 5) is 22.9. The number of ketones is 2. The van der Waals surface area contributed by atoms with Gasteiger partial charge in [-0.15, -0.1) is 0 Å². The maximum atomic E-state index is 11.8. The van der Waals surface area contributed by atoms with E-state index in [9.17, 15) is 19.8 Å². The van der Waals surface area contributed by atoms with Crippen molar-refractivity contribution in [2.45, 2.75) is 25.6 Å². The summed E-state index contributed by atoms with van der Waals surface area (Å²) < 4.78 is 5.22. The Bertz CT molecular complexity index is 496. The van der Waals surface area contributed by atoms with Gasteiger partial charge in [0.05, 0.1) is 0 Å². The number of benzene rings is 1. The van der Waals surface area contributed by atoms with E-state index in [1.807, 2.05) is 0 Å². The number of hydrogen-bond donors (Lipinski definition) is 2. The van der Waals surface area contributed by atoms with Gasteiger partial charge in [0.1, 0.15) is 18.0 Å². The molecule has 0 bridgehead atoms. The molecule has 0 aliphatic rings. The molecule has 1 unspecified atom stereocenters. The van der Waals surface area contributed by atoms with Crippen molar-refractivity contribution >= 4 is 11.6 Å². The predicted molar refractivity (Wildman–Crippen MR) is 73.8 cm³/mol. The number of Topliss-reactive ketones (excluding diaryl/α,β-unsaturated/α-hetero) is 1. The molecule has 1 atom stereocenters. The van der Waals surface area contributed by atoms with Gasteiger partial charge in [0.15, 0.2) is 17.7 Å². The van der Waals surface area contributed by atoms with Gasteiger partial charge >= 0.3 is 0 Å². The second kappa shape index (κ2) is 6.45. The lowest BCUT2D eigenvalue weighted by Crippen LogP contribution is -2.31. The number of aliphatic hydroxyl groups is 2. The highest BCUT2D eigenvalue weighted by molar-refractivity contribution is 6.01. The van der Waals surface area contributed by atoms with Crippen molar-refractivity contribution < 1.29 is 24.5 Å². The molecule has 1 aromatic carbocycles. The quantitative estimate of drug-likeness (QED) is 0.577. The minimum atomic E-state index is -1.44. The molecule has 5 nitrogen and oxygen atoms in total. The molecule has 0 spiro atoms. The third-order valence-corrected chi connectivity index (χ3v) is 2.61. The Labute approximate surface area is 117 Å². The first-order chi connectivity index (χ1) is 9.25. The van der Waals surface area contributed by atoms with Crippen LogP contribution in [0, 0.1) is 0 Å². The molecule has 20 heavy (non-hydrogen) atoms. The van der Waals surface area contributed by atoms with E-state index in [-0.39, 0.29) is 6.61 Å². The molecule has 0 amide bonds. The Balaban J connectivity index is 2.66. The molecular formula is C15H18O5. The van der Waals surface area contributed by atoms with Gasteiger partial charge in [-0.1, -0.05) is 6.58 Å². The van der Waals surface area contributed by atoms with Gasteiger partial charge in [-0.2, -0.15) is 0 Å². The van der Waals surface area contributed by atoms with E-state index in [0.717, 1.165) is 6.08 Å². The van der Waals surface area contributed by atoms with E-state index in [1.165, 1.54) is 38.1 Å². The molecule has 0 saturated heterocycles. The largest absolute Gasteiger partial charge is 0.490 e. The van der Waals surface area contributed by atoms with Crippen LogP contribution in [0.4, 0.5) is 0 Å². The van der Waals surface area contributed by atoms with E-state index in [2.05, 4.69) is 6.58 Å². The van der Waals surface area contributed by atoms with Crippen LogP contribution in [0.3, 0.4) is 0 Å². The van der Waals surface area contributed by atoms with Crippen molar-refractivity contribution in [3.63, 3.8) is 0 Å². The lowest BCUT2D eigenvalue weighted by Gasteiger charge is -2.15. The predicted octanol–water partition coefficient (Wildman–Crippen LogP) is 1.14. The maximum Gasteiger partial charge on any atom is 0.193 e. The van der Waals surface area contributed by atoms with Gasteiger partial charge in [-0.3, -0.25) is 9.59 Å². The summed E-state index contributed by atoms with van der Waals surface area (Å²) in [6.07, 6.45) is -0.232. The summed E-state index contributed by atoms with van der Waals surface area (Å²) >= 11 is 0. The fourth-order valence-corrected chi connectivity index (χ4v) is 1.45. The highest BCUT2D eigenvalue weighted by Gasteiger charge is 2.25. The van der Waals surface area contributed by atoms with Crippen LogP contribution in [0.25, 0.3) is 0 Å². The zero-order valence-corrected chi connectivity index (χ0v) is 11.5. The first-order valence-electron chi connectivity index (χ1n) is 6.10. The normalized spacial score (nSPS) is 12.6. The van der Waals surface area contributed by atoms with Crippen LogP contribution < -0.4 is 4.74 Å². The van der Waals surface area contributed by atoms with Gasteiger partial charge in [0, 0.05) is 5.56 Å². The summed E-state index contributed by atoms with van der Waals surface area (Å²) in [6.45, 7) is 5.90. The molecule has 0 aliphatic carbocycles. The summed E-state index contributed by atoms with van der Waals surface area (Å²) in [7, 11) is 0. The number of aliphatic hydroxyl groups excluding tert-OH is 1. The lowest BCUT2D eigenvalue weighted by atomic mass is 9.97. The summed E-state index contributed by atoms with van der Waals surface area (Å²) in [5.74, 6) is -0.502. The molecule has 1 aromatic rings. The Morgan fingerprint density at radius 1 is 1.35 bits per heavy atom. The fourth-order valence-electron chi connectivity index (χ4n) is 1.45. The number of carbonyl (C=O) groups is 2. The minimum absolute atomic E-state index is 0.191.